The third-order valence-electron chi connectivity index (χ3n) is 4.06. The Balaban J connectivity index is 2.19. The van der Waals surface area contributed by atoms with Crippen LogP contribution in [-0.2, 0) is 0 Å². The second-order valence-corrected chi connectivity index (χ2v) is 6.53. The van der Waals surface area contributed by atoms with Crippen molar-refractivity contribution in [2.24, 2.45) is 0 Å². The van der Waals surface area contributed by atoms with Gasteiger partial charge < -0.3 is 4.74 Å². The van der Waals surface area contributed by atoms with Gasteiger partial charge in [-0.2, -0.15) is 0 Å². The number of aromatic nitrogens is 1. The predicted octanol–water partition coefficient (Wildman–Crippen LogP) is 5.69. The number of halogens is 1. The van der Waals surface area contributed by atoms with E-state index in [1.807, 2.05) is 44.2 Å². The monoisotopic (exact) mass is 353 g/mol. The van der Waals surface area contributed by atoms with E-state index in [0.717, 1.165) is 39.8 Å². The maximum absolute atomic E-state index is 12.0. The number of ether oxygens (including phenoxy) is 1. The van der Waals surface area contributed by atoms with Gasteiger partial charge in [0, 0.05) is 16.5 Å². The average molecular weight is 354 g/mol. The fourth-order valence-electron chi connectivity index (χ4n) is 2.96. The number of rotatable bonds is 5. The van der Waals surface area contributed by atoms with Crippen molar-refractivity contribution in [1.29, 1.82) is 0 Å². The first kappa shape index (κ1) is 17.4. The van der Waals surface area contributed by atoms with E-state index in [-0.39, 0.29) is 0 Å². The minimum atomic E-state index is -0.475. The van der Waals surface area contributed by atoms with E-state index < -0.39 is 5.24 Å². The SMILES string of the molecule is CCCOc1cccc(-c2cc(C(=O)Cl)c3cc(C)cc(C)c3n2)c1. The fraction of sp³-hybridized carbons (Fsp3) is 0.238. The molecule has 128 valence electrons. The van der Waals surface area contributed by atoms with E-state index in [9.17, 15) is 4.79 Å². The first-order chi connectivity index (χ1) is 12.0. The van der Waals surface area contributed by atoms with Crippen LogP contribution in [0.4, 0.5) is 0 Å². The Morgan fingerprint density at radius 1 is 1.16 bits per heavy atom. The summed E-state index contributed by atoms with van der Waals surface area (Å²) in [5, 5.41) is 0.316. The zero-order valence-corrected chi connectivity index (χ0v) is 15.4. The molecule has 2 aromatic carbocycles. The molecule has 0 aliphatic carbocycles. The Hall–Kier alpha value is -2.39. The van der Waals surface area contributed by atoms with Gasteiger partial charge in [-0.25, -0.2) is 4.98 Å². The van der Waals surface area contributed by atoms with Crippen molar-refractivity contribution >= 4 is 27.7 Å². The molecule has 0 atom stereocenters. The number of hydrogen-bond acceptors (Lipinski definition) is 3. The van der Waals surface area contributed by atoms with Gasteiger partial charge in [0.1, 0.15) is 5.75 Å². The summed E-state index contributed by atoms with van der Waals surface area (Å²) >= 11 is 5.85. The molecule has 1 aromatic heterocycles. The van der Waals surface area contributed by atoms with E-state index in [1.165, 1.54) is 0 Å². The van der Waals surface area contributed by atoms with Crippen LogP contribution in [0.2, 0.25) is 0 Å². The summed E-state index contributed by atoms with van der Waals surface area (Å²) < 4.78 is 5.70. The largest absolute Gasteiger partial charge is 0.494 e. The van der Waals surface area contributed by atoms with Gasteiger partial charge in [-0.1, -0.05) is 30.7 Å². The van der Waals surface area contributed by atoms with Crippen molar-refractivity contribution in [2.75, 3.05) is 6.61 Å². The number of carbonyl (C=O) groups is 1. The molecule has 1 heterocycles. The van der Waals surface area contributed by atoms with E-state index in [2.05, 4.69) is 13.0 Å². The molecule has 0 spiro atoms. The van der Waals surface area contributed by atoms with Crippen LogP contribution in [0, 0.1) is 13.8 Å². The number of benzene rings is 2. The van der Waals surface area contributed by atoms with Crippen molar-refractivity contribution in [1.82, 2.24) is 4.98 Å². The smallest absolute Gasteiger partial charge is 0.253 e. The predicted molar refractivity (Wildman–Crippen MR) is 103 cm³/mol. The molecule has 0 saturated carbocycles. The molecule has 3 rings (SSSR count). The molecule has 0 aliphatic rings. The molecular formula is C21H20ClNO2. The van der Waals surface area contributed by atoms with Crippen LogP contribution in [0.15, 0.2) is 42.5 Å². The summed E-state index contributed by atoms with van der Waals surface area (Å²) in [5.41, 5.74) is 4.99. The van der Waals surface area contributed by atoms with Gasteiger partial charge in [0.15, 0.2) is 0 Å². The normalized spacial score (nSPS) is 10.9. The molecule has 0 N–H and O–H groups in total. The maximum atomic E-state index is 12.0. The van der Waals surface area contributed by atoms with Crippen LogP contribution in [0.1, 0.15) is 34.8 Å². The van der Waals surface area contributed by atoms with Crippen molar-refractivity contribution in [2.45, 2.75) is 27.2 Å². The van der Waals surface area contributed by atoms with Gasteiger partial charge in [-0.15, -0.1) is 0 Å². The van der Waals surface area contributed by atoms with Gasteiger partial charge in [-0.05, 0) is 61.7 Å². The number of pyridine rings is 1. The summed E-state index contributed by atoms with van der Waals surface area (Å²) in [6.45, 7) is 6.73. The molecule has 0 amide bonds. The minimum Gasteiger partial charge on any atom is -0.494 e. The number of fused-ring (bicyclic) bond motifs is 1. The molecule has 0 bridgehead atoms. The van der Waals surface area contributed by atoms with Crippen molar-refractivity contribution < 1.29 is 9.53 Å². The lowest BCUT2D eigenvalue weighted by molar-refractivity contribution is 0.108. The second kappa shape index (κ2) is 7.24. The van der Waals surface area contributed by atoms with Crippen LogP contribution in [0.3, 0.4) is 0 Å². The highest BCUT2D eigenvalue weighted by atomic mass is 35.5. The molecule has 3 nitrogen and oxygen atoms in total. The molecule has 0 fully saturated rings. The lowest BCUT2D eigenvalue weighted by Crippen LogP contribution is -1.99. The molecule has 4 heteroatoms. The number of aryl methyl sites for hydroxylation is 2. The lowest BCUT2D eigenvalue weighted by Gasteiger charge is -2.11. The molecular weight excluding hydrogens is 334 g/mol. The van der Waals surface area contributed by atoms with Crippen LogP contribution in [0.5, 0.6) is 5.75 Å². The summed E-state index contributed by atoms with van der Waals surface area (Å²) in [6, 6.07) is 13.5. The highest BCUT2D eigenvalue weighted by molar-refractivity contribution is 6.68. The van der Waals surface area contributed by atoms with Gasteiger partial charge in [-0.3, -0.25) is 4.79 Å². The van der Waals surface area contributed by atoms with Crippen molar-refractivity contribution in [3.63, 3.8) is 0 Å². The maximum Gasteiger partial charge on any atom is 0.253 e. The van der Waals surface area contributed by atoms with Crippen LogP contribution in [0.25, 0.3) is 22.2 Å². The van der Waals surface area contributed by atoms with Crippen molar-refractivity contribution in [3.05, 3.63) is 59.2 Å². The van der Waals surface area contributed by atoms with Crippen LogP contribution >= 0.6 is 11.6 Å². The fourth-order valence-corrected chi connectivity index (χ4v) is 3.11. The van der Waals surface area contributed by atoms with Gasteiger partial charge in [0.2, 0.25) is 0 Å². The number of nitrogens with zero attached hydrogens (tertiary/aromatic N) is 1. The Kier molecular flexibility index (Phi) is 5.05. The minimum absolute atomic E-state index is 0.475. The zero-order chi connectivity index (χ0) is 18.0. The van der Waals surface area contributed by atoms with E-state index in [1.54, 1.807) is 6.07 Å². The second-order valence-electron chi connectivity index (χ2n) is 6.18. The van der Waals surface area contributed by atoms with E-state index in [0.29, 0.717) is 17.9 Å². The average Bonchev–Trinajstić information content (AvgIpc) is 2.59. The Labute approximate surface area is 152 Å². The van der Waals surface area contributed by atoms with Gasteiger partial charge in [0.05, 0.1) is 17.8 Å². The molecule has 0 aliphatic heterocycles. The summed E-state index contributed by atoms with van der Waals surface area (Å²) in [7, 11) is 0. The van der Waals surface area contributed by atoms with Gasteiger partial charge >= 0.3 is 0 Å². The van der Waals surface area contributed by atoms with Crippen LogP contribution in [-0.4, -0.2) is 16.8 Å². The van der Waals surface area contributed by atoms with E-state index >= 15 is 0 Å². The Morgan fingerprint density at radius 2 is 1.96 bits per heavy atom. The zero-order valence-electron chi connectivity index (χ0n) is 14.6. The van der Waals surface area contributed by atoms with E-state index in [4.69, 9.17) is 21.3 Å². The highest BCUT2D eigenvalue weighted by Crippen LogP contribution is 2.30. The first-order valence-electron chi connectivity index (χ1n) is 8.34. The third kappa shape index (κ3) is 3.67. The standard InChI is InChI=1S/C21H20ClNO2/c1-4-8-25-16-7-5-6-15(11-16)19-12-18(21(22)24)17-10-13(2)9-14(3)20(17)23-19/h5-7,9-12H,4,8H2,1-3H3. The lowest BCUT2D eigenvalue weighted by atomic mass is 10.0. The molecule has 0 saturated heterocycles. The number of carbonyl (C=O) groups excluding carboxylic acids is 1. The highest BCUT2D eigenvalue weighted by Gasteiger charge is 2.14. The Morgan fingerprint density at radius 3 is 2.68 bits per heavy atom. The summed E-state index contributed by atoms with van der Waals surface area (Å²) in [4.78, 5) is 16.8. The van der Waals surface area contributed by atoms with Crippen molar-refractivity contribution in [3.8, 4) is 17.0 Å². The molecule has 25 heavy (non-hydrogen) atoms. The topological polar surface area (TPSA) is 39.2 Å². The molecule has 0 radical (unpaired) electrons. The van der Waals surface area contributed by atoms with Gasteiger partial charge in [0.25, 0.3) is 5.24 Å². The summed E-state index contributed by atoms with van der Waals surface area (Å²) in [5.74, 6) is 0.792. The summed E-state index contributed by atoms with van der Waals surface area (Å²) in [6.07, 6.45) is 0.946. The molecule has 0 unspecified atom stereocenters. The molecule has 3 aromatic rings. The first-order valence-corrected chi connectivity index (χ1v) is 8.72. The quantitative estimate of drug-likeness (QED) is 0.553. The Bertz CT molecular complexity index is 950. The third-order valence-corrected chi connectivity index (χ3v) is 4.27. The van der Waals surface area contributed by atoms with Crippen LogP contribution < -0.4 is 4.74 Å². The number of hydrogen-bond donors (Lipinski definition) is 0.